The fraction of sp³-hybridized carbons (Fsp3) is 0.364. The van der Waals surface area contributed by atoms with Gasteiger partial charge in [0, 0.05) is 17.2 Å². The van der Waals surface area contributed by atoms with Gasteiger partial charge in [-0.25, -0.2) is 0 Å². The lowest BCUT2D eigenvalue weighted by molar-refractivity contribution is -0.121. The first kappa shape index (κ1) is 15.3. The van der Waals surface area contributed by atoms with E-state index in [2.05, 4.69) is 17.4 Å². The summed E-state index contributed by atoms with van der Waals surface area (Å²) in [5.41, 5.74) is 5.41. The maximum atomic E-state index is 11.1. The van der Waals surface area contributed by atoms with Crippen LogP contribution in [-0.4, -0.2) is 24.2 Å². The van der Waals surface area contributed by atoms with Crippen molar-refractivity contribution in [3.8, 4) is 0 Å². The van der Waals surface area contributed by atoms with Crippen LogP contribution in [0.3, 0.4) is 0 Å². The second-order valence-electron chi connectivity index (χ2n) is 3.24. The Kier molecular flexibility index (Phi) is 8.07. The average Bonchev–Trinajstić information content (AvgIpc) is 2.25. The molecule has 0 aliphatic heterocycles. The van der Waals surface area contributed by atoms with Crippen LogP contribution in [0.25, 0.3) is 0 Å². The third-order valence-corrected chi connectivity index (χ3v) is 2.84. The second-order valence-corrected chi connectivity index (χ2v) is 4.41. The molecule has 3 nitrogen and oxygen atoms in total. The van der Waals surface area contributed by atoms with Gasteiger partial charge in [0.15, 0.2) is 0 Å². The molecule has 0 bridgehead atoms. The molecule has 0 aliphatic rings. The number of halogens is 1. The first-order chi connectivity index (χ1) is 7.20. The lowest BCUT2D eigenvalue weighted by Gasteiger charge is -2.07. The van der Waals surface area contributed by atoms with E-state index in [1.807, 2.05) is 18.2 Å². The largest absolute Gasteiger partial charge is 0.354 e. The highest BCUT2D eigenvalue weighted by molar-refractivity contribution is 7.99. The molecule has 16 heavy (non-hydrogen) atoms. The molecule has 1 amide bonds. The topological polar surface area (TPSA) is 55.1 Å². The van der Waals surface area contributed by atoms with Crippen LogP contribution in [0.15, 0.2) is 35.2 Å². The highest BCUT2D eigenvalue weighted by atomic mass is 35.5. The number of nitrogens with one attached hydrogen (secondary N) is 1. The zero-order valence-corrected chi connectivity index (χ0v) is 10.8. The highest BCUT2D eigenvalue weighted by Crippen LogP contribution is 2.15. The molecule has 0 saturated heterocycles. The first-order valence-electron chi connectivity index (χ1n) is 4.91. The number of thioether (sulfide) groups is 1. The number of rotatable bonds is 5. The molecule has 0 fully saturated rings. The molecule has 0 saturated carbocycles. The molecule has 0 heterocycles. The fourth-order valence-electron chi connectivity index (χ4n) is 1.02. The average molecular weight is 261 g/mol. The summed E-state index contributed by atoms with van der Waals surface area (Å²) in [7, 11) is 0. The Morgan fingerprint density at radius 2 is 2.06 bits per heavy atom. The van der Waals surface area contributed by atoms with Crippen molar-refractivity contribution in [2.24, 2.45) is 5.73 Å². The molecule has 1 aromatic carbocycles. The molecule has 0 radical (unpaired) electrons. The summed E-state index contributed by atoms with van der Waals surface area (Å²) < 4.78 is 0. The van der Waals surface area contributed by atoms with Crippen molar-refractivity contribution < 1.29 is 4.79 Å². The van der Waals surface area contributed by atoms with Gasteiger partial charge in [-0.15, -0.1) is 24.2 Å². The van der Waals surface area contributed by atoms with Crippen molar-refractivity contribution in [2.75, 3.05) is 12.3 Å². The minimum absolute atomic E-state index is 0. The SMILES string of the molecule is C[C@H](N)C(=O)NCCSc1ccccc1.Cl. The van der Waals surface area contributed by atoms with Gasteiger partial charge in [-0.3, -0.25) is 4.79 Å². The Hall–Kier alpha value is -0.710. The zero-order chi connectivity index (χ0) is 11.1. The maximum absolute atomic E-state index is 11.1. The molecule has 90 valence electrons. The predicted octanol–water partition coefficient (Wildman–Crippen LogP) is 1.66. The summed E-state index contributed by atoms with van der Waals surface area (Å²) in [5, 5.41) is 2.77. The van der Waals surface area contributed by atoms with E-state index in [9.17, 15) is 4.79 Å². The molecule has 0 aliphatic carbocycles. The molecule has 0 spiro atoms. The monoisotopic (exact) mass is 260 g/mol. The lowest BCUT2D eigenvalue weighted by atomic mass is 10.3. The molecular formula is C11H17ClN2OS. The number of benzene rings is 1. The van der Waals surface area contributed by atoms with Gasteiger partial charge in [-0.2, -0.15) is 0 Å². The summed E-state index contributed by atoms with van der Waals surface area (Å²) >= 11 is 1.72. The maximum Gasteiger partial charge on any atom is 0.236 e. The van der Waals surface area contributed by atoms with E-state index in [4.69, 9.17) is 5.73 Å². The highest BCUT2D eigenvalue weighted by Gasteiger charge is 2.04. The van der Waals surface area contributed by atoms with E-state index in [1.54, 1.807) is 18.7 Å². The Morgan fingerprint density at radius 1 is 1.44 bits per heavy atom. The molecule has 1 rings (SSSR count). The van der Waals surface area contributed by atoms with E-state index < -0.39 is 6.04 Å². The number of nitrogens with two attached hydrogens (primary N) is 1. The Labute approximate surface area is 107 Å². The summed E-state index contributed by atoms with van der Waals surface area (Å²) in [4.78, 5) is 12.3. The Morgan fingerprint density at radius 3 is 2.62 bits per heavy atom. The summed E-state index contributed by atoms with van der Waals surface area (Å²) in [6.45, 7) is 2.33. The smallest absolute Gasteiger partial charge is 0.236 e. The van der Waals surface area contributed by atoms with E-state index in [-0.39, 0.29) is 18.3 Å². The molecule has 0 unspecified atom stereocenters. The van der Waals surface area contributed by atoms with Crippen molar-refractivity contribution in [3.05, 3.63) is 30.3 Å². The summed E-state index contributed by atoms with van der Waals surface area (Å²) in [6.07, 6.45) is 0. The standard InChI is InChI=1S/C11H16N2OS.ClH/c1-9(12)11(14)13-7-8-15-10-5-3-2-4-6-10;/h2-6,9H,7-8,12H2,1H3,(H,13,14);1H/t9-;/m0./s1. The molecule has 5 heteroatoms. The van der Waals surface area contributed by atoms with Crippen LogP contribution in [0.2, 0.25) is 0 Å². The van der Waals surface area contributed by atoms with Crippen LogP contribution in [0.5, 0.6) is 0 Å². The number of amides is 1. The van der Waals surface area contributed by atoms with Crippen LogP contribution in [0, 0.1) is 0 Å². The number of carbonyl (C=O) groups excluding carboxylic acids is 1. The summed E-state index contributed by atoms with van der Waals surface area (Å²) in [6, 6.07) is 9.68. The summed E-state index contributed by atoms with van der Waals surface area (Å²) in [5.74, 6) is 0.770. The number of hydrogen-bond donors (Lipinski definition) is 2. The Balaban J connectivity index is 0.00000225. The van der Waals surface area contributed by atoms with Crippen molar-refractivity contribution >= 4 is 30.1 Å². The quantitative estimate of drug-likeness (QED) is 0.626. The van der Waals surface area contributed by atoms with Crippen LogP contribution < -0.4 is 11.1 Å². The van der Waals surface area contributed by atoms with Gasteiger partial charge in [0.1, 0.15) is 0 Å². The number of hydrogen-bond acceptors (Lipinski definition) is 3. The third-order valence-electron chi connectivity index (χ3n) is 1.83. The molecule has 3 N–H and O–H groups in total. The van der Waals surface area contributed by atoms with Gasteiger partial charge in [0.05, 0.1) is 6.04 Å². The van der Waals surface area contributed by atoms with Gasteiger partial charge in [0.25, 0.3) is 0 Å². The minimum atomic E-state index is -0.424. The Bertz CT molecular complexity index is 306. The fourth-order valence-corrected chi connectivity index (χ4v) is 1.81. The number of carbonyl (C=O) groups is 1. The van der Waals surface area contributed by atoms with Crippen LogP contribution in [0.1, 0.15) is 6.92 Å². The van der Waals surface area contributed by atoms with Crippen molar-refractivity contribution in [1.82, 2.24) is 5.32 Å². The van der Waals surface area contributed by atoms with E-state index >= 15 is 0 Å². The van der Waals surface area contributed by atoms with Gasteiger partial charge in [0.2, 0.25) is 5.91 Å². The molecular weight excluding hydrogens is 244 g/mol. The predicted molar refractivity (Wildman–Crippen MR) is 71.1 cm³/mol. The van der Waals surface area contributed by atoms with Gasteiger partial charge < -0.3 is 11.1 Å². The van der Waals surface area contributed by atoms with E-state index in [0.717, 1.165) is 5.75 Å². The molecule has 1 aromatic rings. The minimum Gasteiger partial charge on any atom is -0.354 e. The van der Waals surface area contributed by atoms with Crippen molar-refractivity contribution in [2.45, 2.75) is 17.9 Å². The van der Waals surface area contributed by atoms with Gasteiger partial charge in [-0.1, -0.05) is 18.2 Å². The zero-order valence-electron chi connectivity index (χ0n) is 9.18. The first-order valence-corrected chi connectivity index (χ1v) is 5.90. The lowest BCUT2D eigenvalue weighted by Crippen LogP contribution is -2.39. The normalized spacial score (nSPS) is 11.4. The molecule has 0 aromatic heterocycles. The second kappa shape index (κ2) is 8.44. The van der Waals surface area contributed by atoms with E-state index in [1.165, 1.54) is 4.90 Å². The van der Waals surface area contributed by atoms with Gasteiger partial charge >= 0.3 is 0 Å². The van der Waals surface area contributed by atoms with Gasteiger partial charge in [-0.05, 0) is 19.1 Å². The van der Waals surface area contributed by atoms with Crippen LogP contribution >= 0.6 is 24.2 Å². The van der Waals surface area contributed by atoms with Crippen LogP contribution in [0.4, 0.5) is 0 Å². The van der Waals surface area contributed by atoms with Crippen molar-refractivity contribution in [3.63, 3.8) is 0 Å². The van der Waals surface area contributed by atoms with Crippen molar-refractivity contribution in [1.29, 1.82) is 0 Å². The molecule has 1 atom stereocenters. The third kappa shape index (κ3) is 6.00. The van der Waals surface area contributed by atoms with Crippen LogP contribution in [-0.2, 0) is 4.79 Å². The van der Waals surface area contributed by atoms with E-state index in [0.29, 0.717) is 6.54 Å².